The first kappa shape index (κ1) is 9.41. The van der Waals surface area contributed by atoms with Crippen molar-refractivity contribution in [3.63, 3.8) is 0 Å². The highest BCUT2D eigenvalue weighted by atomic mass is 16.5. The van der Waals surface area contributed by atoms with E-state index in [0.29, 0.717) is 12.2 Å². The van der Waals surface area contributed by atoms with Crippen LogP contribution in [0.5, 0.6) is 5.75 Å². The number of aromatic nitrogens is 1. The summed E-state index contributed by atoms with van der Waals surface area (Å²) in [4.78, 5) is 3.03. The van der Waals surface area contributed by atoms with Gasteiger partial charge in [0.2, 0.25) is 0 Å². The fourth-order valence-electron chi connectivity index (χ4n) is 1.64. The van der Waals surface area contributed by atoms with E-state index in [1.165, 1.54) is 0 Å². The maximum Gasteiger partial charge on any atom is 0.119 e. The van der Waals surface area contributed by atoms with E-state index in [0.717, 1.165) is 22.2 Å². The first-order valence-electron chi connectivity index (χ1n) is 4.57. The van der Waals surface area contributed by atoms with Crippen molar-refractivity contribution in [2.24, 2.45) is 0 Å². The minimum Gasteiger partial charge on any atom is -0.497 e. The number of hydrogen-bond acceptors (Lipinski definition) is 3. The number of nitrogens with two attached hydrogens (primary N) is 1. The molecule has 1 aromatic carbocycles. The smallest absolute Gasteiger partial charge is 0.119 e. The summed E-state index contributed by atoms with van der Waals surface area (Å²) in [7, 11) is 1.61. The Morgan fingerprint density at radius 1 is 1.53 bits per heavy atom. The number of hydrogen-bond donors (Lipinski definition) is 2. The molecule has 2 rings (SSSR count). The number of benzene rings is 1. The molecular formula is C11H11N3O. The Bertz CT molecular complexity index is 536. The second kappa shape index (κ2) is 3.54. The van der Waals surface area contributed by atoms with Gasteiger partial charge in [-0.25, -0.2) is 0 Å². The number of nitrogens with one attached hydrogen (secondary N) is 1. The molecule has 0 bridgehead atoms. The van der Waals surface area contributed by atoms with Crippen LogP contribution in [0.25, 0.3) is 10.9 Å². The van der Waals surface area contributed by atoms with Crippen LogP contribution in [-0.4, -0.2) is 12.1 Å². The monoisotopic (exact) mass is 201 g/mol. The number of nitriles is 1. The Labute approximate surface area is 87.3 Å². The first-order valence-corrected chi connectivity index (χ1v) is 4.57. The fraction of sp³-hybridized carbons (Fsp3) is 0.182. The number of ether oxygens (including phenoxy) is 1. The summed E-state index contributed by atoms with van der Waals surface area (Å²) >= 11 is 0. The van der Waals surface area contributed by atoms with Crippen molar-refractivity contribution in [3.05, 3.63) is 23.8 Å². The third-order valence-electron chi connectivity index (χ3n) is 2.40. The predicted octanol–water partition coefficient (Wildman–Crippen LogP) is 1.82. The Balaban J connectivity index is 2.67. The van der Waals surface area contributed by atoms with Crippen LogP contribution in [0.3, 0.4) is 0 Å². The van der Waals surface area contributed by atoms with Crippen molar-refractivity contribution >= 4 is 16.7 Å². The highest BCUT2D eigenvalue weighted by Gasteiger charge is 2.09. The van der Waals surface area contributed by atoms with E-state index in [1.54, 1.807) is 7.11 Å². The minimum atomic E-state index is 0.305. The average Bonchev–Trinajstić information content (AvgIpc) is 2.55. The molecule has 2 aromatic rings. The van der Waals surface area contributed by atoms with Gasteiger partial charge in [-0.2, -0.15) is 5.26 Å². The first-order chi connectivity index (χ1) is 7.26. The molecule has 1 aromatic heterocycles. The number of nitrogen functional groups attached to an aromatic ring is 1. The summed E-state index contributed by atoms with van der Waals surface area (Å²) in [5.74, 6) is 1.32. The van der Waals surface area contributed by atoms with E-state index in [-0.39, 0.29) is 0 Å². The molecule has 4 nitrogen and oxygen atoms in total. The van der Waals surface area contributed by atoms with E-state index in [1.807, 2.05) is 18.2 Å². The van der Waals surface area contributed by atoms with Crippen LogP contribution in [0.2, 0.25) is 0 Å². The zero-order chi connectivity index (χ0) is 10.8. The molecule has 0 unspecified atom stereocenters. The predicted molar refractivity (Wildman–Crippen MR) is 58.6 cm³/mol. The van der Waals surface area contributed by atoms with Gasteiger partial charge in [0.1, 0.15) is 11.6 Å². The van der Waals surface area contributed by atoms with Gasteiger partial charge in [-0.05, 0) is 18.2 Å². The molecule has 0 spiro atoms. The molecule has 0 atom stereocenters. The molecular weight excluding hydrogens is 190 g/mol. The SMILES string of the molecule is COc1ccc2[nH]c(N)c(CC#N)c2c1. The Kier molecular flexibility index (Phi) is 2.22. The van der Waals surface area contributed by atoms with Crippen LogP contribution in [0, 0.1) is 11.3 Å². The zero-order valence-electron chi connectivity index (χ0n) is 8.37. The number of nitrogens with zero attached hydrogens (tertiary/aromatic N) is 1. The minimum absolute atomic E-state index is 0.305. The van der Waals surface area contributed by atoms with Gasteiger partial charge in [0.15, 0.2) is 0 Å². The van der Waals surface area contributed by atoms with E-state index < -0.39 is 0 Å². The van der Waals surface area contributed by atoms with Gasteiger partial charge >= 0.3 is 0 Å². The van der Waals surface area contributed by atoms with Crippen LogP contribution < -0.4 is 10.5 Å². The van der Waals surface area contributed by atoms with Crippen LogP contribution in [0.4, 0.5) is 5.82 Å². The highest BCUT2D eigenvalue weighted by molar-refractivity contribution is 5.89. The van der Waals surface area contributed by atoms with Crippen molar-refractivity contribution in [2.45, 2.75) is 6.42 Å². The number of H-pyrrole nitrogens is 1. The van der Waals surface area contributed by atoms with E-state index in [4.69, 9.17) is 15.7 Å². The molecule has 3 N–H and O–H groups in total. The molecule has 0 fully saturated rings. The number of anilines is 1. The Hall–Kier alpha value is -2.15. The Morgan fingerprint density at radius 2 is 2.33 bits per heavy atom. The van der Waals surface area contributed by atoms with Crippen molar-refractivity contribution in [1.82, 2.24) is 4.98 Å². The maximum atomic E-state index is 8.70. The number of fused-ring (bicyclic) bond motifs is 1. The van der Waals surface area contributed by atoms with Crippen LogP contribution in [0.15, 0.2) is 18.2 Å². The topological polar surface area (TPSA) is 74.8 Å². The summed E-state index contributed by atoms with van der Waals surface area (Å²) < 4.78 is 5.13. The van der Waals surface area contributed by atoms with Crippen molar-refractivity contribution in [1.29, 1.82) is 5.26 Å². The van der Waals surface area contributed by atoms with Gasteiger partial charge in [0.05, 0.1) is 19.6 Å². The molecule has 76 valence electrons. The van der Waals surface area contributed by atoms with Gasteiger partial charge in [-0.15, -0.1) is 0 Å². The molecule has 0 aliphatic rings. The summed E-state index contributed by atoms with van der Waals surface area (Å²) in [6.45, 7) is 0. The molecule has 1 heterocycles. The second-order valence-electron chi connectivity index (χ2n) is 3.26. The molecule has 0 saturated carbocycles. The summed E-state index contributed by atoms with van der Waals surface area (Å²) in [6, 6.07) is 7.73. The average molecular weight is 201 g/mol. The largest absolute Gasteiger partial charge is 0.497 e. The van der Waals surface area contributed by atoms with Gasteiger partial charge in [0.25, 0.3) is 0 Å². The van der Waals surface area contributed by atoms with E-state index in [2.05, 4.69) is 11.1 Å². The number of rotatable bonds is 2. The molecule has 0 aliphatic carbocycles. The number of methoxy groups -OCH3 is 1. The lowest BCUT2D eigenvalue weighted by Crippen LogP contribution is -1.90. The fourth-order valence-corrected chi connectivity index (χ4v) is 1.64. The normalized spacial score (nSPS) is 10.1. The van der Waals surface area contributed by atoms with E-state index in [9.17, 15) is 0 Å². The Morgan fingerprint density at radius 3 is 3.00 bits per heavy atom. The van der Waals surface area contributed by atoms with Crippen molar-refractivity contribution in [2.75, 3.05) is 12.8 Å². The molecule has 0 aliphatic heterocycles. The molecule has 0 amide bonds. The highest BCUT2D eigenvalue weighted by Crippen LogP contribution is 2.27. The maximum absolute atomic E-state index is 8.70. The van der Waals surface area contributed by atoms with Gasteiger partial charge in [0, 0.05) is 16.5 Å². The summed E-state index contributed by atoms with van der Waals surface area (Å²) in [6.07, 6.45) is 0.305. The zero-order valence-corrected chi connectivity index (χ0v) is 8.37. The third kappa shape index (κ3) is 1.48. The van der Waals surface area contributed by atoms with Gasteiger partial charge in [-0.1, -0.05) is 0 Å². The summed E-state index contributed by atoms with van der Waals surface area (Å²) in [5, 5.41) is 9.65. The van der Waals surface area contributed by atoms with Crippen molar-refractivity contribution in [3.8, 4) is 11.8 Å². The van der Waals surface area contributed by atoms with E-state index >= 15 is 0 Å². The standard InChI is InChI=1S/C11H11N3O/c1-15-7-2-3-10-9(6-7)8(4-5-12)11(13)14-10/h2-3,6,14H,4,13H2,1H3. The number of aromatic amines is 1. The summed E-state index contributed by atoms with van der Waals surface area (Å²) in [5.41, 5.74) is 7.55. The quantitative estimate of drug-likeness (QED) is 0.778. The molecule has 0 saturated heterocycles. The lowest BCUT2D eigenvalue weighted by molar-refractivity contribution is 0.415. The second-order valence-corrected chi connectivity index (χ2v) is 3.26. The van der Waals surface area contributed by atoms with Gasteiger partial charge in [-0.3, -0.25) is 0 Å². The third-order valence-corrected chi connectivity index (χ3v) is 2.40. The van der Waals surface area contributed by atoms with Crippen molar-refractivity contribution < 1.29 is 4.74 Å². The van der Waals surface area contributed by atoms with Gasteiger partial charge < -0.3 is 15.5 Å². The van der Waals surface area contributed by atoms with Crippen LogP contribution >= 0.6 is 0 Å². The molecule has 0 radical (unpaired) electrons. The van der Waals surface area contributed by atoms with Crippen LogP contribution in [-0.2, 0) is 6.42 Å². The molecule has 15 heavy (non-hydrogen) atoms. The lowest BCUT2D eigenvalue weighted by Gasteiger charge is -1.99. The lowest BCUT2D eigenvalue weighted by atomic mass is 10.1. The molecule has 4 heteroatoms. The van der Waals surface area contributed by atoms with Crippen LogP contribution in [0.1, 0.15) is 5.56 Å².